The molecule has 2 fully saturated rings. The molecule has 34 heavy (non-hydrogen) atoms. The molecule has 3 heterocycles. The summed E-state index contributed by atoms with van der Waals surface area (Å²) in [4.78, 5) is 19.6. The Morgan fingerprint density at radius 3 is 2.53 bits per heavy atom. The Bertz CT molecular complexity index is 1080. The topological polar surface area (TPSA) is 96.8 Å². The molecule has 0 radical (unpaired) electrons. The van der Waals surface area contributed by atoms with Gasteiger partial charge in [0.15, 0.2) is 5.03 Å². The van der Waals surface area contributed by atoms with Gasteiger partial charge in [0.05, 0.1) is 13.2 Å². The van der Waals surface area contributed by atoms with Crippen LogP contribution >= 0.6 is 0 Å². The van der Waals surface area contributed by atoms with E-state index >= 15 is 0 Å². The van der Waals surface area contributed by atoms with Crippen LogP contribution in [0.4, 0.5) is 0 Å². The summed E-state index contributed by atoms with van der Waals surface area (Å²) < 4.78 is 34.4. The molecule has 1 aromatic carbocycles. The smallest absolute Gasteiger partial charge is 0.262 e. The molecule has 186 valence electrons. The monoisotopic (exact) mass is 489 g/mol. The van der Waals surface area contributed by atoms with Gasteiger partial charge in [-0.1, -0.05) is 12.1 Å². The van der Waals surface area contributed by atoms with Gasteiger partial charge in [-0.25, -0.2) is 13.4 Å². The highest BCUT2D eigenvalue weighted by Gasteiger charge is 2.34. The summed E-state index contributed by atoms with van der Waals surface area (Å²) in [6.45, 7) is 4.97. The number of hydrogen-bond acceptors (Lipinski definition) is 6. The summed E-state index contributed by atoms with van der Waals surface area (Å²) in [5.74, 6) is 1.26. The Hall–Kier alpha value is -2.43. The van der Waals surface area contributed by atoms with E-state index in [1.807, 2.05) is 18.2 Å². The minimum atomic E-state index is -3.64. The number of rotatable bonds is 8. The van der Waals surface area contributed by atoms with Crippen LogP contribution in [0.1, 0.15) is 43.1 Å². The summed E-state index contributed by atoms with van der Waals surface area (Å²) in [6.07, 6.45) is 4.88. The first-order chi connectivity index (χ1) is 16.3. The highest BCUT2D eigenvalue weighted by molar-refractivity contribution is 7.89. The molecule has 9 nitrogen and oxygen atoms in total. The second-order valence-corrected chi connectivity index (χ2v) is 11.1. The van der Waals surface area contributed by atoms with Crippen molar-refractivity contribution < 1.29 is 17.9 Å². The van der Waals surface area contributed by atoms with Crippen molar-refractivity contribution in [1.29, 1.82) is 0 Å². The summed E-state index contributed by atoms with van der Waals surface area (Å²) in [7, 11) is -0.204. The number of imidazole rings is 1. The van der Waals surface area contributed by atoms with E-state index in [9.17, 15) is 13.2 Å². The summed E-state index contributed by atoms with van der Waals surface area (Å²) in [5, 5.41) is 3.23. The van der Waals surface area contributed by atoms with Gasteiger partial charge in [0.1, 0.15) is 11.6 Å². The fourth-order valence-electron chi connectivity index (χ4n) is 4.84. The standard InChI is InChI=1S/C24H35N5O4S/c1-18-26-23(17-27(18)2)34(31,32)29-13-9-19(10-14-29)24(30)25-16-22(28-11-4-5-12-28)20-7-6-8-21(15-20)33-3/h6-8,15,17,19,22H,4-5,9-14,16H2,1-3H3,(H,25,30). The number of aromatic nitrogens is 2. The molecule has 0 bridgehead atoms. The number of sulfonamides is 1. The van der Waals surface area contributed by atoms with E-state index in [4.69, 9.17) is 4.74 Å². The van der Waals surface area contributed by atoms with Crippen LogP contribution in [0.15, 0.2) is 35.5 Å². The number of nitrogens with one attached hydrogen (secondary N) is 1. The third kappa shape index (κ3) is 5.29. The lowest BCUT2D eigenvalue weighted by atomic mass is 9.97. The lowest BCUT2D eigenvalue weighted by Crippen LogP contribution is -2.44. The van der Waals surface area contributed by atoms with E-state index in [2.05, 4.69) is 21.3 Å². The van der Waals surface area contributed by atoms with Crippen LogP contribution in [0.2, 0.25) is 0 Å². The fraction of sp³-hybridized carbons (Fsp3) is 0.583. The maximum Gasteiger partial charge on any atom is 0.262 e. The normalized spacial score (nSPS) is 19.3. The molecule has 1 aromatic heterocycles. The molecule has 0 spiro atoms. The quantitative estimate of drug-likeness (QED) is 0.610. The van der Waals surface area contributed by atoms with Crippen LogP contribution in [0.5, 0.6) is 5.75 Å². The molecule has 2 saturated heterocycles. The van der Waals surface area contributed by atoms with Crippen molar-refractivity contribution in [3.63, 3.8) is 0 Å². The minimum Gasteiger partial charge on any atom is -0.497 e. The highest BCUT2D eigenvalue weighted by Crippen LogP contribution is 2.28. The third-order valence-electron chi connectivity index (χ3n) is 7.05. The van der Waals surface area contributed by atoms with Crippen molar-refractivity contribution in [2.75, 3.05) is 39.8 Å². The summed E-state index contributed by atoms with van der Waals surface area (Å²) in [6, 6.07) is 8.13. The number of ether oxygens (including phenoxy) is 1. The third-order valence-corrected chi connectivity index (χ3v) is 8.82. The van der Waals surface area contributed by atoms with E-state index in [0.29, 0.717) is 38.3 Å². The Balaban J connectivity index is 1.36. The van der Waals surface area contributed by atoms with Crippen molar-refractivity contribution in [3.8, 4) is 5.75 Å². The lowest BCUT2D eigenvalue weighted by Gasteiger charge is -2.32. The van der Waals surface area contributed by atoms with E-state index in [1.54, 1.807) is 31.8 Å². The van der Waals surface area contributed by atoms with Crippen LogP contribution < -0.4 is 10.1 Å². The van der Waals surface area contributed by atoms with Gasteiger partial charge in [-0.05, 0) is 63.4 Å². The van der Waals surface area contributed by atoms with Gasteiger partial charge >= 0.3 is 0 Å². The molecule has 2 aromatic rings. The number of carbonyl (C=O) groups excluding carboxylic acids is 1. The van der Waals surface area contributed by atoms with E-state index in [-0.39, 0.29) is 22.9 Å². The highest BCUT2D eigenvalue weighted by atomic mass is 32.2. The molecule has 2 aliphatic rings. The Morgan fingerprint density at radius 1 is 1.21 bits per heavy atom. The van der Waals surface area contributed by atoms with Crippen LogP contribution in [-0.2, 0) is 21.9 Å². The Kier molecular flexibility index (Phi) is 7.59. The molecular weight excluding hydrogens is 454 g/mol. The number of carbonyl (C=O) groups is 1. The van der Waals surface area contributed by atoms with E-state index < -0.39 is 10.0 Å². The number of benzene rings is 1. The predicted octanol–water partition coefficient (Wildman–Crippen LogP) is 2.09. The SMILES string of the molecule is COc1cccc(C(CNC(=O)C2CCN(S(=O)(=O)c3cn(C)c(C)n3)CC2)N2CCCC2)c1. The molecule has 1 amide bonds. The van der Waals surface area contributed by atoms with Crippen LogP contribution in [0.3, 0.4) is 0 Å². The zero-order chi connectivity index (χ0) is 24.3. The molecule has 1 atom stereocenters. The first-order valence-corrected chi connectivity index (χ1v) is 13.4. The van der Waals surface area contributed by atoms with Crippen molar-refractivity contribution >= 4 is 15.9 Å². The average Bonchev–Trinajstić information content (AvgIpc) is 3.50. The number of nitrogens with zero attached hydrogens (tertiary/aromatic N) is 4. The molecule has 1 unspecified atom stereocenters. The molecule has 0 saturated carbocycles. The van der Waals surface area contributed by atoms with Gasteiger partial charge in [-0.3, -0.25) is 9.69 Å². The molecule has 1 N–H and O–H groups in total. The number of hydrogen-bond donors (Lipinski definition) is 1. The number of likely N-dealkylation sites (tertiary alicyclic amines) is 1. The van der Waals surface area contributed by atoms with E-state index in [1.165, 1.54) is 4.31 Å². The maximum absolute atomic E-state index is 13.0. The number of methoxy groups -OCH3 is 1. The van der Waals surface area contributed by atoms with Crippen LogP contribution in [0, 0.1) is 12.8 Å². The van der Waals surface area contributed by atoms with Gasteiger partial charge < -0.3 is 14.6 Å². The summed E-state index contributed by atoms with van der Waals surface area (Å²) >= 11 is 0. The molecular formula is C24H35N5O4S. The molecule has 10 heteroatoms. The van der Waals surface area contributed by atoms with Crippen LogP contribution in [0.25, 0.3) is 0 Å². The first-order valence-electron chi connectivity index (χ1n) is 12.0. The van der Waals surface area contributed by atoms with Crippen molar-refractivity contribution in [3.05, 3.63) is 41.9 Å². The first kappa shape index (κ1) is 24.7. The zero-order valence-electron chi connectivity index (χ0n) is 20.2. The van der Waals surface area contributed by atoms with Gasteiger partial charge in [0.2, 0.25) is 5.91 Å². The maximum atomic E-state index is 13.0. The Morgan fingerprint density at radius 2 is 1.91 bits per heavy atom. The molecule has 4 rings (SSSR count). The predicted molar refractivity (Wildman–Crippen MR) is 129 cm³/mol. The molecule has 0 aliphatic carbocycles. The molecule has 2 aliphatic heterocycles. The summed E-state index contributed by atoms with van der Waals surface area (Å²) in [5.41, 5.74) is 1.13. The van der Waals surface area contributed by atoms with E-state index in [0.717, 1.165) is 37.2 Å². The number of amides is 1. The second kappa shape index (κ2) is 10.5. The van der Waals surface area contributed by atoms with Crippen molar-refractivity contribution in [2.24, 2.45) is 13.0 Å². The number of aryl methyl sites for hydroxylation is 2. The van der Waals surface area contributed by atoms with Gasteiger partial charge in [0, 0.05) is 38.8 Å². The second-order valence-electron chi connectivity index (χ2n) is 9.20. The van der Waals surface area contributed by atoms with Crippen molar-refractivity contribution in [1.82, 2.24) is 24.1 Å². The Labute approximate surface area is 202 Å². The van der Waals surface area contributed by atoms with Crippen LogP contribution in [-0.4, -0.2) is 72.9 Å². The van der Waals surface area contributed by atoms with Crippen molar-refractivity contribution in [2.45, 2.75) is 43.7 Å². The van der Waals surface area contributed by atoms with Gasteiger partial charge in [-0.15, -0.1) is 0 Å². The fourth-order valence-corrected chi connectivity index (χ4v) is 6.34. The average molecular weight is 490 g/mol. The largest absolute Gasteiger partial charge is 0.497 e. The lowest BCUT2D eigenvalue weighted by molar-refractivity contribution is -0.126. The van der Waals surface area contributed by atoms with Gasteiger partial charge in [0.25, 0.3) is 10.0 Å². The van der Waals surface area contributed by atoms with Gasteiger partial charge in [-0.2, -0.15) is 4.31 Å². The minimum absolute atomic E-state index is 0.00202. The number of piperidine rings is 1. The zero-order valence-corrected chi connectivity index (χ0v) is 21.1.